The number of hydrogen-bond donors (Lipinski definition) is 0. The van der Waals surface area contributed by atoms with Gasteiger partial charge in [-0.05, 0) is 30.2 Å². The molecule has 0 fully saturated rings. The van der Waals surface area contributed by atoms with Gasteiger partial charge in [-0.2, -0.15) is 0 Å². The van der Waals surface area contributed by atoms with Gasteiger partial charge in [0.15, 0.2) is 18.1 Å². The summed E-state index contributed by atoms with van der Waals surface area (Å²) in [5.74, 6) is 1.94. The van der Waals surface area contributed by atoms with Crippen molar-refractivity contribution in [1.82, 2.24) is 0 Å². The number of anilines is 1. The molecule has 1 amide bonds. The fraction of sp³-hybridized carbons (Fsp3) is 0.278. The Kier molecular flexibility index (Phi) is 3.54. The van der Waals surface area contributed by atoms with Crippen molar-refractivity contribution in [3.8, 4) is 17.2 Å². The van der Waals surface area contributed by atoms with Crippen LogP contribution >= 0.6 is 0 Å². The Bertz CT molecular complexity index is 744. The van der Waals surface area contributed by atoms with E-state index < -0.39 is 0 Å². The first-order valence-corrected chi connectivity index (χ1v) is 7.72. The second-order valence-electron chi connectivity index (χ2n) is 5.52. The van der Waals surface area contributed by atoms with E-state index in [0.717, 1.165) is 12.1 Å². The zero-order valence-corrected chi connectivity index (χ0v) is 12.7. The summed E-state index contributed by atoms with van der Waals surface area (Å²) in [5.41, 5.74) is 2.20. The normalized spacial score (nSPS) is 15.2. The molecule has 4 rings (SSSR count). The zero-order valence-electron chi connectivity index (χ0n) is 12.7. The van der Waals surface area contributed by atoms with Gasteiger partial charge in [-0.15, -0.1) is 0 Å². The number of ether oxygens (including phenoxy) is 3. The molecule has 0 aromatic heterocycles. The Hall–Kier alpha value is -2.69. The number of fused-ring (bicyclic) bond motifs is 2. The van der Waals surface area contributed by atoms with E-state index in [-0.39, 0.29) is 12.5 Å². The first-order chi connectivity index (χ1) is 11.3. The van der Waals surface area contributed by atoms with Crippen molar-refractivity contribution < 1.29 is 19.0 Å². The minimum absolute atomic E-state index is 0.00791. The Morgan fingerprint density at radius 1 is 1.09 bits per heavy atom. The van der Waals surface area contributed by atoms with E-state index in [4.69, 9.17) is 14.2 Å². The third-order valence-electron chi connectivity index (χ3n) is 4.06. The fourth-order valence-electron chi connectivity index (χ4n) is 2.93. The minimum atomic E-state index is -0.0372. The molecule has 5 heteroatoms. The maximum Gasteiger partial charge on any atom is 0.264 e. The summed E-state index contributed by atoms with van der Waals surface area (Å²) in [6.45, 7) is 1.80. The smallest absolute Gasteiger partial charge is 0.264 e. The van der Waals surface area contributed by atoms with Crippen LogP contribution in [0.2, 0.25) is 0 Å². The highest BCUT2D eigenvalue weighted by Gasteiger charge is 2.24. The summed E-state index contributed by atoms with van der Waals surface area (Å²) >= 11 is 0. The Morgan fingerprint density at radius 3 is 2.83 bits per heavy atom. The maximum atomic E-state index is 12.4. The quantitative estimate of drug-likeness (QED) is 0.873. The largest absolute Gasteiger partial charge is 0.486 e. The third-order valence-corrected chi connectivity index (χ3v) is 4.06. The van der Waals surface area contributed by atoms with Gasteiger partial charge >= 0.3 is 0 Å². The van der Waals surface area contributed by atoms with Crippen LogP contribution in [0, 0.1) is 0 Å². The van der Waals surface area contributed by atoms with E-state index in [0.29, 0.717) is 37.0 Å². The van der Waals surface area contributed by atoms with E-state index in [9.17, 15) is 4.79 Å². The number of carbonyl (C=O) groups excluding carboxylic acids is 1. The van der Waals surface area contributed by atoms with Crippen LogP contribution in [-0.2, 0) is 11.2 Å². The number of rotatable bonds is 3. The van der Waals surface area contributed by atoms with Crippen molar-refractivity contribution in [1.29, 1.82) is 0 Å². The van der Waals surface area contributed by atoms with Gasteiger partial charge in [0, 0.05) is 18.3 Å². The van der Waals surface area contributed by atoms with E-state index in [1.54, 1.807) is 23.1 Å². The Morgan fingerprint density at radius 2 is 1.91 bits per heavy atom. The van der Waals surface area contributed by atoms with E-state index >= 15 is 0 Å². The van der Waals surface area contributed by atoms with E-state index in [1.165, 1.54) is 5.56 Å². The van der Waals surface area contributed by atoms with Gasteiger partial charge in [0.05, 0.1) is 0 Å². The van der Waals surface area contributed by atoms with Crippen LogP contribution in [0.3, 0.4) is 0 Å². The van der Waals surface area contributed by atoms with Crippen LogP contribution in [0.25, 0.3) is 0 Å². The SMILES string of the molecule is O=C(COc1ccc2c(c1)OCCO2)N1CCc2ccccc21. The summed E-state index contributed by atoms with van der Waals surface area (Å²) < 4.78 is 16.6. The molecule has 0 bridgehead atoms. The summed E-state index contributed by atoms with van der Waals surface area (Å²) in [7, 11) is 0. The lowest BCUT2D eigenvalue weighted by atomic mass is 10.2. The van der Waals surface area contributed by atoms with Crippen LogP contribution < -0.4 is 19.1 Å². The molecule has 118 valence electrons. The van der Waals surface area contributed by atoms with Crippen molar-refractivity contribution in [3.63, 3.8) is 0 Å². The molecular formula is C18H17NO4. The molecule has 2 aromatic carbocycles. The van der Waals surface area contributed by atoms with Gasteiger partial charge in [0.1, 0.15) is 19.0 Å². The second kappa shape index (κ2) is 5.83. The molecular weight excluding hydrogens is 294 g/mol. The highest BCUT2D eigenvalue weighted by Crippen LogP contribution is 2.33. The molecule has 0 aliphatic carbocycles. The van der Waals surface area contributed by atoms with Crippen LogP contribution in [0.4, 0.5) is 5.69 Å². The minimum Gasteiger partial charge on any atom is -0.486 e. The molecule has 2 aliphatic rings. The molecule has 0 atom stereocenters. The number of para-hydroxylation sites is 1. The molecule has 0 unspecified atom stereocenters. The molecule has 0 spiro atoms. The molecule has 0 saturated carbocycles. The predicted molar refractivity (Wildman–Crippen MR) is 85.4 cm³/mol. The zero-order chi connectivity index (χ0) is 15.6. The van der Waals surface area contributed by atoms with Gasteiger partial charge in [-0.25, -0.2) is 0 Å². The molecule has 5 nitrogen and oxygen atoms in total. The van der Waals surface area contributed by atoms with Gasteiger partial charge in [-0.3, -0.25) is 4.79 Å². The van der Waals surface area contributed by atoms with Gasteiger partial charge in [0.2, 0.25) is 0 Å². The lowest BCUT2D eigenvalue weighted by Crippen LogP contribution is -2.33. The molecule has 2 aliphatic heterocycles. The highest BCUT2D eigenvalue weighted by atomic mass is 16.6. The predicted octanol–water partition coefficient (Wildman–Crippen LogP) is 2.43. The third kappa shape index (κ3) is 2.70. The van der Waals surface area contributed by atoms with Crippen LogP contribution in [0.15, 0.2) is 42.5 Å². The summed E-state index contributed by atoms with van der Waals surface area (Å²) in [4.78, 5) is 14.2. The topological polar surface area (TPSA) is 48.0 Å². The molecule has 0 saturated heterocycles. The monoisotopic (exact) mass is 311 g/mol. The van der Waals surface area contributed by atoms with Crippen molar-refractivity contribution in [2.45, 2.75) is 6.42 Å². The second-order valence-corrected chi connectivity index (χ2v) is 5.52. The van der Waals surface area contributed by atoms with Gasteiger partial charge < -0.3 is 19.1 Å². The number of benzene rings is 2. The Labute approximate surface area is 134 Å². The van der Waals surface area contributed by atoms with Crippen molar-refractivity contribution in [2.24, 2.45) is 0 Å². The molecule has 2 aromatic rings. The maximum absolute atomic E-state index is 12.4. The van der Waals surface area contributed by atoms with Crippen molar-refractivity contribution in [3.05, 3.63) is 48.0 Å². The van der Waals surface area contributed by atoms with E-state index in [2.05, 4.69) is 6.07 Å². The average molecular weight is 311 g/mol. The molecule has 0 radical (unpaired) electrons. The van der Waals surface area contributed by atoms with E-state index in [1.807, 2.05) is 18.2 Å². The Balaban J connectivity index is 1.42. The first-order valence-electron chi connectivity index (χ1n) is 7.72. The highest BCUT2D eigenvalue weighted by molar-refractivity contribution is 5.96. The molecule has 2 heterocycles. The molecule has 23 heavy (non-hydrogen) atoms. The number of amides is 1. The van der Waals surface area contributed by atoms with Crippen molar-refractivity contribution >= 4 is 11.6 Å². The first kappa shape index (κ1) is 13.9. The van der Waals surface area contributed by atoms with Crippen LogP contribution in [-0.4, -0.2) is 32.3 Å². The standard InChI is InChI=1S/C18H17NO4/c20-18(19-8-7-13-3-1-2-4-15(13)19)12-23-14-5-6-16-17(11-14)22-10-9-21-16/h1-6,11H,7-10,12H2. The number of hydrogen-bond acceptors (Lipinski definition) is 4. The van der Waals surface area contributed by atoms with Gasteiger partial charge in [0.25, 0.3) is 5.91 Å². The van der Waals surface area contributed by atoms with Crippen LogP contribution in [0.1, 0.15) is 5.56 Å². The fourth-order valence-corrected chi connectivity index (χ4v) is 2.93. The van der Waals surface area contributed by atoms with Crippen LogP contribution in [0.5, 0.6) is 17.2 Å². The average Bonchev–Trinajstić information content (AvgIpc) is 3.03. The van der Waals surface area contributed by atoms with Gasteiger partial charge in [-0.1, -0.05) is 18.2 Å². The summed E-state index contributed by atoms with van der Waals surface area (Å²) in [5, 5.41) is 0. The molecule has 0 N–H and O–H groups in total. The number of nitrogens with zero attached hydrogens (tertiary/aromatic N) is 1. The summed E-state index contributed by atoms with van der Waals surface area (Å²) in [6, 6.07) is 13.3. The lowest BCUT2D eigenvalue weighted by molar-refractivity contribution is -0.120. The number of carbonyl (C=O) groups is 1. The van der Waals surface area contributed by atoms with Crippen molar-refractivity contribution in [2.75, 3.05) is 31.3 Å². The lowest BCUT2D eigenvalue weighted by Gasteiger charge is -2.20. The summed E-state index contributed by atoms with van der Waals surface area (Å²) in [6.07, 6.45) is 0.895.